The number of carbonyl (C=O) groups is 1. The maximum Gasteiger partial charge on any atom is 0.322 e. The van der Waals surface area contributed by atoms with Crippen LogP contribution in [-0.4, -0.2) is 32.2 Å². The second kappa shape index (κ2) is 5.93. The molecule has 104 valence electrons. The number of nitrogens with two attached hydrogens (primary N) is 1. The molecule has 3 N–H and O–H groups in total. The third-order valence-corrected chi connectivity index (χ3v) is 3.41. The van der Waals surface area contributed by atoms with Crippen LogP contribution in [0.2, 0.25) is 0 Å². The van der Waals surface area contributed by atoms with Gasteiger partial charge < -0.3 is 10.5 Å². The summed E-state index contributed by atoms with van der Waals surface area (Å²) in [5.41, 5.74) is 5.40. The van der Waals surface area contributed by atoms with Gasteiger partial charge >= 0.3 is 5.97 Å². The number of sulfonamides is 1. The Kier molecular flexibility index (Phi) is 4.78. The second-order valence-corrected chi connectivity index (χ2v) is 5.65. The Morgan fingerprint density at radius 3 is 2.68 bits per heavy atom. The molecule has 0 aliphatic rings. The van der Waals surface area contributed by atoms with Crippen molar-refractivity contribution in [3.8, 4) is 0 Å². The molecular formula is C10H11FN2O4S2. The van der Waals surface area contributed by atoms with E-state index >= 15 is 0 Å². The molecule has 1 rings (SSSR count). The van der Waals surface area contributed by atoms with Gasteiger partial charge in [0, 0.05) is 5.56 Å². The zero-order valence-corrected chi connectivity index (χ0v) is 11.5. The van der Waals surface area contributed by atoms with Gasteiger partial charge in [0.1, 0.15) is 10.8 Å². The fourth-order valence-corrected chi connectivity index (χ4v) is 2.41. The van der Waals surface area contributed by atoms with E-state index < -0.39 is 27.6 Å². The zero-order chi connectivity index (χ0) is 14.6. The van der Waals surface area contributed by atoms with Gasteiger partial charge in [0.25, 0.3) is 0 Å². The normalized spacial score (nSPS) is 10.8. The SMILES string of the molecule is COC(=O)CS(=O)(=O)Nc1ccc(F)cc1C(N)=S. The lowest BCUT2D eigenvalue weighted by Crippen LogP contribution is -2.25. The quantitative estimate of drug-likeness (QED) is 0.602. The molecule has 0 aliphatic carbocycles. The van der Waals surface area contributed by atoms with Crippen molar-refractivity contribution in [3.05, 3.63) is 29.6 Å². The summed E-state index contributed by atoms with van der Waals surface area (Å²) >= 11 is 4.69. The molecule has 0 atom stereocenters. The van der Waals surface area contributed by atoms with Crippen LogP contribution in [0.4, 0.5) is 10.1 Å². The molecule has 9 heteroatoms. The second-order valence-electron chi connectivity index (χ2n) is 3.49. The van der Waals surface area contributed by atoms with Gasteiger partial charge in [-0.15, -0.1) is 0 Å². The summed E-state index contributed by atoms with van der Waals surface area (Å²) in [7, 11) is -2.91. The molecule has 0 spiro atoms. The average molecular weight is 306 g/mol. The maximum atomic E-state index is 13.0. The van der Waals surface area contributed by atoms with E-state index in [1.165, 1.54) is 6.07 Å². The highest BCUT2D eigenvalue weighted by atomic mass is 32.2. The van der Waals surface area contributed by atoms with Gasteiger partial charge in [-0.05, 0) is 18.2 Å². The van der Waals surface area contributed by atoms with Crippen LogP contribution < -0.4 is 10.5 Å². The van der Waals surface area contributed by atoms with Crippen LogP contribution >= 0.6 is 12.2 Å². The summed E-state index contributed by atoms with van der Waals surface area (Å²) < 4.78 is 42.7. The minimum absolute atomic E-state index is 0.00203. The van der Waals surface area contributed by atoms with E-state index in [2.05, 4.69) is 9.46 Å². The fourth-order valence-electron chi connectivity index (χ4n) is 1.23. The van der Waals surface area contributed by atoms with Crippen LogP contribution in [0.5, 0.6) is 0 Å². The molecule has 0 aliphatic heterocycles. The standard InChI is InChI=1S/C10H11FN2O4S2/c1-17-9(14)5-19(15,16)13-8-3-2-6(11)4-7(8)10(12)18/h2-4,13H,5H2,1H3,(H2,12,18). The van der Waals surface area contributed by atoms with Crippen molar-refractivity contribution in [3.63, 3.8) is 0 Å². The number of thiocarbonyl (C=S) groups is 1. The minimum Gasteiger partial charge on any atom is -0.468 e. The molecule has 0 bridgehead atoms. The van der Waals surface area contributed by atoms with Gasteiger partial charge in [0.05, 0.1) is 12.8 Å². The maximum absolute atomic E-state index is 13.0. The Bertz CT molecular complexity index is 616. The van der Waals surface area contributed by atoms with Gasteiger partial charge in [0.2, 0.25) is 10.0 Å². The Labute approximate surface area is 114 Å². The number of anilines is 1. The number of esters is 1. The van der Waals surface area contributed by atoms with Crippen molar-refractivity contribution in [2.45, 2.75) is 0 Å². The molecule has 0 radical (unpaired) electrons. The zero-order valence-electron chi connectivity index (χ0n) is 9.84. The van der Waals surface area contributed by atoms with E-state index in [9.17, 15) is 17.6 Å². The van der Waals surface area contributed by atoms with Gasteiger partial charge in [-0.25, -0.2) is 12.8 Å². The fraction of sp³-hybridized carbons (Fsp3) is 0.200. The molecular weight excluding hydrogens is 295 g/mol. The van der Waals surface area contributed by atoms with E-state index in [4.69, 9.17) is 18.0 Å². The molecule has 0 unspecified atom stereocenters. The third kappa shape index (κ3) is 4.45. The highest BCUT2D eigenvalue weighted by Crippen LogP contribution is 2.18. The van der Waals surface area contributed by atoms with Gasteiger partial charge in [0.15, 0.2) is 5.75 Å². The number of ether oxygens (including phenoxy) is 1. The Hall–Kier alpha value is -1.74. The predicted molar refractivity (Wildman–Crippen MR) is 71.7 cm³/mol. The molecule has 6 nitrogen and oxygen atoms in total. The van der Waals surface area contributed by atoms with Gasteiger partial charge in [-0.1, -0.05) is 12.2 Å². The smallest absolute Gasteiger partial charge is 0.322 e. The summed E-state index contributed by atoms with van der Waals surface area (Å²) in [6.45, 7) is 0. The topological polar surface area (TPSA) is 98.5 Å². The van der Waals surface area contributed by atoms with Crippen molar-refractivity contribution < 1.29 is 22.3 Å². The summed E-state index contributed by atoms with van der Waals surface area (Å²) in [6, 6.07) is 3.20. The van der Waals surface area contributed by atoms with E-state index in [-0.39, 0.29) is 16.2 Å². The predicted octanol–water partition coefficient (Wildman–Crippen LogP) is 0.375. The highest BCUT2D eigenvalue weighted by molar-refractivity contribution is 7.93. The van der Waals surface area contributed by atoms with E-state index in [1.807, 2.05) is 0 Å². The van der Waals surface area contributed by atoms with Crippen molar-refractivity contribution in [1.29, 1.82) is 0 Å². The van der Waals surface area contributed by atoms with E-state index in [1.54, 1.807) is 0 Å². The number of benzene rings is 1. The summed E-state index contributed by atoms with van der Waals surface area (Å²) in [5, 5.41) is 0. The van der Waals surface area contributed by atoms with Crippen molar-refractivity contribution >= 4 is 38.9 Å². The number of rotatable bonds is 5. The first kappa shape index (κ1) is 15.3. The lowest BCUT2D eigenvalue weighted by molar-refractivity contribution is -0.137. The lowest BCUT2D eigenvalue weighted by Gasteiger charge is -2.11. The van der Waals surface area contributed by atoms with Crippen LogP contribution in [0.15, 0.2) is 18.2 Å². The molecule has 0 amide bonds. The Morgan fingerprint density at radius 2 is 2.16 bits per heavy atom. The largest absolute Gasteiger partial charge is 0.468 e. The number of hydrogen-bond acceptors (Lipinski definition) is 5. The first-order valence-corrected chi connectivity index (χ1v) is 6.98. The van der Waals surface area contributed by atoms with Crippen molar-refractivity contribution in [1.82, 2.24) is 0 Å². The Morgan fingerprint density at radius 1 is 1.53 bits per heavy atom. The minimum atomic E-state index is -3.98. The van der Waals surface area contributed by atoms with E-state index in [0.717, 1.165) is 19.2 Å². The summed E-state index contributed by atoms with van der Waals surface area (Å²) in [5.74, 6) is -2.40. The molecule has 0 heterocycles. The Balaban J connectivity index is 3.06. The van der Waals surface area contributed by atoms with Crippen LogP contribution in [0.1, 0.15) is 5.56 Å². The monoisotopic (exact) mass is 306 g/mol. The molecule has 1 aromatic carbocycles. The molecule has 0 saturated heterocycles. The molecule has 1 aromatic rings. The van der Waals surface area contributed by atoms with Crippen molar-refractivity contribution in [2.24, 2.45) is 5.73 Å². The van der Waals surface area contributed by atoms with Crippen LogP contribution in [-0.2, 0) is 19.6 Å². The number of carbonyl (C=O) groups excluding carboxylic acids is 1. The van der Waals surface area contributed by atoms with E-state index in [0.29, 0.717) is 0 Å². The molecule has 0 fully saturated rings. The summed E-state index contributed by atoms with van der Waals surface area (Å²) in [4.78, 5) is 10.8. The third-order valence-electron chi connectivity index (χ3n) is 2.05. The average Bonchev–Trinajstić information content (AvgIpc) is 2.30. The number of halogens is 1. The number of methoxy groups -OCH3 is 1. The summed E-state index contributed by atoms with van der Waals surface area (Å²) in [6.07, 6.45) is 0. The highest BCUT2D eigenvalue weighted by Gasteiger charge is 2.19. The molecule has 0 saturated carbocycles. The van der Waals surface area contributed by atoms with Crippen LogP contribution in [0.3, 0.4) is 0 Å². The van der Waals surface area contributed by atoms with Gasteiger partial charge in [-0.3, -0.25) is 9.52 Å². The lowest BCUT2D eigenvalue weighted by atomic mass is 10.2. The number of hydrogen-bond donors (Lipinski definition) is 2. The molecule has 0 aromatic heterocycles. The van der Waals surface area contributed by atoms with Crippen molar-refractivity contribution in [2.75, 3.05) is 17.6 Å². The molecule has 19 heavy (non-hydrogen) atoms. The van der Waals surface area contributed by atoms with Crippen LogP contribution in [0, 0.1) is 5.82 Å². The van der Waals surface area contributed by atoms with Gasteiger partial charge in [-0.2, -0.15) is 0 Å². The van der Waals surface area contributed by atoms with Crippen LogP contribution in [0.25, 0.3) is 0 Å². The number of nitrogens with one attached hydrogen (secondary N) is 1. The first-order valence-electron chi connectivity index (χ1n) is 4.92. The first-order chi connectivity index (χ1) is 8.75.